The molecule has 9 heteroatoms. The van der Waals surface area contributed by atoms with Crippen LogP contribution in [0.1, 0.15) is 31.7 Å². The second-order valence-electron chi connectivity index (χ2n) is 7.08. The second kappa shape index (κ2) is 8.04. The van der Waals surface area contributed by atoms with Crippen LogP contribution in [0.2, 0.25) is 0 Å². The summed E-state index contributed by atoms with van der Waals surface area (Å²) in [5.74, 6) is 1.31. The molecule has 152 valence electrons. The lowest BCUT2D eigenvalue weighted by Gasteiger charge is -2.36. The van der Waals surface area contributed by atoms with Crippen molar-refractivity contribution in [3.05, 3.63) is 48.6 Å². The minimum atomic E-state index is -0.728. The van der Waals surface area contributed by atoms with E-state index in [0.717, 1.165) is 18.7 Å². The maximum Gasteiger partial charge on any atom is 0.249 e. The third-order valence-electron chi connectivity index (χ3n) is 5.30. The number of carbonyl (C=O) groups excluding carboxylic acids is 1. The summed E-state index contributed by atoms with van der Waals surface area (Å²) in [6.45, 7) is 3.33. The zero-order valence-corrected chi connectivity index (χ0v) is 16.5. The highest BCUT2D eigenvalue weighted by atomic mass is 16.5. The lowest BCUT2D eigenvalue weighted by Crippen LogP contribution is -2.55. The molecule has 1 amide bonds. The fourth-order valence-electron chi connectivity index (χ4n) is 3.67. The maximum absolute atomic E-state index is 13.3. The Labute approximate surface area is 168 Å². The van der Waals surface area contributed by atoms with Crippen LogP contribution in [0, 0.1) is 0 Å². The molecule has 3 aromatic rings. The molecule has 1 atom stereocenters. The van der Waals surface area contributed by atoms with Gasteiger partial charge < -0.3 is 19.9 Å². The summed E-state index contributed by atoms with van der Waals surface area (Å²) in [5.41, 5.74) is 0.00372. The Morgan fingerprint density at radius 2 is 2.10 bits per heavy atom. The van der Waals surface area contributed by atoms with Gasteiger partial charge in [-0.3, -0.25) is 9.48 Å². The van der Waals surface area contributed by atoms with E-state index < -0.39 is 11.6 Å². The highest BCUT2D eigenvalue weighted by Crippen LogP contribution is 2.30. The average molecular weight is 396 g/mol. The quantitative estimate of drug-likeness (QED) is 0.655. The molecule has 29 heavy (non-hydrogen) atoms. The minimum absolute atomic E-state index is 0.104. The number of rotatable bonds is 6. The summed E-state index contributed by atoms with van der Waals surface area (Å²) < 4.78 is 12.5. The molecule has 0 spiro atoms. The molecule has 4 rings (SSSR count). The molecule has 1 saturated heterocycles. The summed E-state index contributed by atoms with van der Waals surface area (Å²) in [6, 6.07) is 8.84. The molecular formula is C20H24N6O3. The Bertz CT molecular complexity index is 962. The van der Waals surface area contributed by atoms with Gasteiger partial charge in [0.15, 0.2) is 0 Å². The number of methoxy groups -OCH3 is 1. The molecule has 1 aliphatic heterocycles. The predicted molar refractivity (Wildman–Crippen MR) is 105 cm³/mol. The zero-order valence-electron chi connectivity index (χ0n) is 16.5. The molecule has 0 radical (unpaired) electrons. The normalized spacial score (nSPS) is 16.9. The van der Waals surface area contributed by atoms with Gasteiger partial charge in [-0.2, -0.15) is 10.1 Å². The Morgan fingerprint density at radius 1 is 1.31 bits per heavy atom. The van der Waals surface area contributed by atoms with Gasteiger partial charge in [-0.05, 0) is 51.1 Å². The van der Waals surface area contributed by atoms with Gasteiger partial charge in [-0.1, -0.05) is 17.3 Å². The van der Waals surface area contributed by atoms with Crippen molar-refractivity contribution < 1.29 is 14.1 Å². The topological polar surface area (TPSA) is 107 Å². The van der Waals surface area contributed by atoms with Gasteiger partial charge in [-0.15, -0.1) is 0 Å². The van der Waals surface area contributed by atoms with Crippen molar-refractivity contribution in [1.82, 2.24) is 30.6 Å². The fraction of sp³-hybridized carbons (Fsp3) is 0.400. The molecule has 0 saturated carbocycles. The standard InChI is InChI=1S/C20H24N6O3/c1-14(18-24-17(25-29-18)15-6-3-4-7-16(15)28-2)23-19(27)20(8-11-21-12-9-20)26-13-5-10-22-26/h3-7,10,13-14,21H,8-9,11-12H2,1-2H3,(H,23,27). The van der Waals surface area contributed by atoms with Gasteiger partial charge in [0.05, 0.1) is 12.7 Å². The number of nitrogens with zero attached hydrogens (tertiary/aromatic N) is 4. The molecule has 1 fully saturated rings. The van der Waals surface area contributed by atoms with Crippen LogP contribution in [0.15, 0.2) is 47.2 Å². The van der Waals surface area contributed by atoms with E-state index >= 15 is 0 Å². The van der Waals surface area contributed by atoms with Gasteiger partial charge in [0.2, 0.25) is 17.6 Å². The number of amides is 1. The first kappa shape index (κ1) is 19.1. The van der Waals surface area contributed by atoms with E-state index in [1.165, 1.54) is 0 Å². The van der Waals surface area contributed by atoms with Crippen molar-refractivity contribution in [3.63, 3.8) is 0 Å². The molecule has 2 aromatic heterocycles. The summed E-state index contributed by atoms with van der Waals surface area (Å²) in [5, 5.41) is 14.7. The van der Waals surface area contributed by atoms with Crippen LogP contribution in [0.25, 0.3) is 11.4 Å². The summed E-state index contributed by atoms with van der Waals surface area (Å²) >= 11 is 0. The van der Waals surface area contributed by atoms with E-state index in [0.29, 0.717) is 30.3 Å². The number of hydrogen-bond acceptors (Lipinski definition) is 7. The van der Waals surface area contributed by atoms with Gasteiger partial charge in [0.25, 0.3) is 0 Å². The van der Waals surface area contributed by atoms with Crippen LogP contribution >= 0.6 is 0 Å². The Kier molecular flexibility index (Phi) is 5.30. The molecule has 1 unspecified atom stereocenters. The zero-order chi connectivity index (χ0) is 20.3. The van der Waals surface area contributed by atoms with Crippen molar-refractivity contribution >= 4 is 5.91 Å². The molecule has 0 aliphatic carbocycles. The van der Waals surface area contributed by atoms with Gasteiger partial charge in [0, 0.05) is 12.4 Å². The van der Waals surface area contributed by atoms with E-state index in [1.54, 1.807) is 18.0 Å². The van der Waals surface area contributed by atoms with Crippen LogP contribution in [-0.2, 0) is 10.3 Å². The number of ether oxygens (including phenoxy) is 1. The Hall–Kier alpha value is -3.20. The lowest BCUT2D eigenvalue weighted by atomic mass is 9.87. The molecule has 1 aromatic carbocycles. The highest BCUT2D eigenvalue weighted by molar-refractivity contribution is 5.84. The van der Waals surface area contributed by atoms with Crippen LogP contribution in [0.3, 0.4) is 0 Å². The molecule has 0 bridgehead atoms. The molecular weight excluding hydrogens is 372 g/mol. The van der Waals surface area contributed by atoms with E-state index in [9.17, 15) is 4.79 Å². The number of hydrogen-bond donors (Lipinski definition) is 2. The van der Waals surface area contributed by atoms with Crippen LogP contribution in [-0.4, -0.2) is 46.0 Å². The van der Waals surface area contributed by atoms with Crippen molar-refractivity contribution in [2.24, 2.45) is 0 Å². The van der Waals surface area contributed by atoms with E-state index in [1.807, 2.05) is 43.5 Å². The van der Waals surface area contributed by atoms with Crippen molar-refractivity contribution in [3.8, 4) is 17.1 Å². The smallest absolute Gasteiger partial charge is 0.249 e. The average Bonchev–Trinajstić information content (AvgIpc) is 3.46. The van der Waals surface area contributed by atoms with Crippen molar-refractivity contribution in [2.45, 2.75) is 31.3 Å². The van der Waals surface area contributed by atoms with E-state index in [-0.39, 0.29) is 5.91 Å². The maximum atomic E-state index is 13.3. The van der Waals surface area contributed by atoms with Crippen LogP contribution in [0.4, 0.5) is 0 Å². The van der Waals surface area contributed by atoms with Gasteiger partial charge >= 0.3 is 0 Å². The molecule has 2 N–H and O–H groups in total. The third kappa shape index (κ3) is 3.61. The van der Waals surface area contributed by atoms with Crippen molar-refractivity contribution in [2.75, 3.05) is 20.2 Å². The minimum Gasteiger partial charge on any atom is -0.496 e. The van der Waals surface area contributed by atoms with Crippen molar-refractivity contribution in [1.29, 1.82) is 0 Å². The summed E-state index contributed by atoms with van der Waals surface area (Å²) in [6.07, 6.45) is 4.84. The first-order valence-electron chi connectivity index (χ1n) is 9.63. The first-order valence-corrected chi connectivity index (χ1v) is 9.63. The predicted octanol–water partition coefficient (Wildman–Crippen LogP) is 1.90. The fourth-order valence-corrected chi connectivity index (χ4v) is 3.67. The molecule has 3 heterocycles. The lowest BCUT2D eigenvalue weighted by molar-refractivity contribution is -0.132. The molecule has 9 nitrogen and oxygen atoms in total. The first-order chi connectivity index (χ1) is 14.1. The number of benzene rings is 1. The Morgan fingerprint density at radius 3 is 2.83 bits per heavy atom. The SMILES string of the molecule is COc1ccccc1-c1noc(C(C)NC(=O)C2(n3cccn3)CCNCC2)n1. The summed E-state index contributed by atoms with van der Waals surface area (Å²) in [4.78, 5) is 17.7. The number of nitrogens with one attached hydrogen (secondary N) is 2. The van der Waals surface area contributed by atoms with Gasteiger partial charge in [0.1, 0.15) is 17.3 Å². The van der Waals surface area contributed by atoms with E-state index in [2.05, 4.69) is 25.9 Å². The number of piperidine rings is 1. The molecule has 1 aliphatic rings. The number of aromatic nitrogens is 4. The van der Waals surface area contributed by atoms with Crippen LogP contribution < -0.4 is 15.4 Å². The monoisotopic (exact) mass is 396 g/mol. The second-order valence-corrected chi connectivity index (χ2v) is 7.08. The number of carbonyl (C=O) groups is 1. The number of para-hydroxylation sites is 1. The van der Waals surface area contributed by atoms with Crippen LogP contribution in [0.5, 0.6) is 5.75 Å². The highest BCUT2D eigenvalue weighted by Gasteiger charge is 2.42. The van der Waals surface area contributed by atoms with Gasteiger partial charge in [-0.25, -0.2) is 0 Å². The third-order valence-corrected chi connectivity index (χ3v) is 5.30. The van der Waals surface area contributed by atoms with E-state index in [4.69, 9.17) is 9.26 Å². The Balaban J connectivity index is 1.54. The summed E-state index contributed by atoms with van der Waals surface area (Å²) in [7, 11) is 1.59. The largest absolute Gasteiger partial charge is 0.496 e.